The van der Waals surface area contributed by atoms with Gasteiger partial charge in [-0.25, -0.2) is 8.42 Å². The number of nitrogens with one attached hydrogen (secondary N) is 1. The van der Waals surface area contributed by atoms with Gasteiger partial charge >= 0.3 is 5.97 Å². The molecule has 0 aliphatic heterocycles. The Morgan fingerprint density at radius 2 is 2.11 bits per heavy atom. The molecule has 3 N–H and O–H groups in total. The first-order valence-corrected chi connectivity index (χ1v) is 6.79. The van der Waals surface area contributed by atoms with Gasteiger partial charge in [0.2, 0.25) is 10.0 Å². The van der Waals surface area contributed by atoms with Crippen molar-refractivity contribution in [3.8, 4) is 0 Å². The quantitative estimate of drug-likeness (QED) is 0.630. The Morgan fingerprint density at radius 3 is 2.61 bits per heavy atom. The van der Waals surface area contributed by atoms with Gasteiger partial charge in [-0.1, -0.05) is 11.6 Å². The van der Waals surface area contributed by atoms with Crippen LogP contribution >= 0.6 is 11.6 Å². The van der Waals surface area contributed by atoms with Crippen molar-refractivity contribution in [3.63, 3.8) is 0 Å². The molecule has 0 heterocycles. The van der Waals surface area contributed by atoms with Gasteiger partial charge < -0.3 is 10.5 Å². The molecule has 0 aromatic heterocycles. The molecule has 0 aliphatic carbocycles. The van der Waals surface area contributed by atoms with E-state index in [-0.39, 0.29) is 9.92 Å². The summed E-state index contributed by atoms with van der Waals surface area (Å²) in [5.41, 5.74) is 5.82. The molecule has 0 radical (unpaired) electrons. The lowest BCUT2D eigenvalue weighted by molar-refractivity contribution is -0.142. The molecular formula is C10H13ClN2O4S. The largest absolute Gasteiger partial charge is 0.468 e. The number of rotatable bonds is 4. The Kier molecular flexibility index (Phi) is 4.55. The molecule has 1 unspecified atom stereocenters. The Balaban J connectivity index is 3.04. The molecule has 100 valence electrons. The number of ether oxygens (including phenoxy) is 1. The average molecular weight is 293 g/mol. The topological polar surface area (TPSA) is 98.5 Å². The number of sulfonamides is 1. The summed E-state index contributed by atoms with van der Waals surface area (Å²) in [7, 11) is -2.73. The fourth-order valence-corrected chi connectivity index (χ4v) is 3.00. The summed E-state index contributed by atoms with van der Waals surface area (Å²) in [6.45, 7) is 1.37. The molecule has 1 aromatic carbocycles. The zero-order chi connectivity index (χ0) is 13.9. The molecule has 1 aromatic rings. The lowest BCUT2D eigenvalue weighted by Gasteiger charge is -2.13. The first-order valence-electron chi connectivity index (χ1n) is 4.93. The molecule has 6 nitrogen and oxygen atoms in total. The van der Waals surface area contributed by atoms with Crippen LogP contribution in [0.3, 0.4) is 0 Å². The normalized spacial score (nSPS) is 13.1. The molecule has 18 heavy (non-hydrogen) atoms. The highest BCUT2D eigenvalue weighted by molar-refractivity contribution is 7.89. The molecule has 0 saturated carbocycles. The van der Waals surface area contributed by atoms with Crippen molar-refractivity contribution in [1.29, 1.82) is 0 Å². The molecule has 8 heteroatoms. The van der Waals surface area contributed by atoms with Crippen LogP contribution < -0.4 is 10.5 Å². The maximum Gasteiger partial charge on any atom is 0.323 e. The summed E-state index contributed by atoms with van der Waals surface area (Å²) in [6, 6.07) is 2.99. The summed E-state index contributed by atoms with van der Waals surface area (Å²) in [5.74, 6) is -0.690. The Hall–Kier alpha value is -1.31. The van der Waals surface area contributed by atoms with E-state index in [1.807, 2.05) is 0 Å². The summed E-state index contributed by atoms with van der Waals surface area (Å²) in [4.78, 5) is 11.0. The highest BCUT2D eigenvalue weighted by Gasteiger charge is 2.24. The summed E-state index contributed by atoms with van der Waals surface area (Å²) >= 11 is 5.80. The molecular weight excluding hydrogens is 280 g/mol. The molecule has 0 aliphatic rings. The molecule has 1 atom stereocenters. The van der Waals surface area contributed by atoms with E-state index in [9.17, 15) is 13.2 Å². The second kappa shape index (κ2) is 5.55. The summed E-state index contributed by atoms with van der Waals surface area (Å²) < 4.78 is 30.5. The Bertz CT molecular complexity index is 559. The first kappa shape index (κ1) is 14.7. The fourth-order valence-electron chi connectivity index (χ4n) is 1.26. The number of hydrogen-bond acceptors (Lipinski definition) is 5. The number of esters is 1. The number of carbonyl (C=O) groups is 1. The molecule has 0 bridgehead atoms. The first-order chi connectivity index (χ1) is 8.27. The number of carbonyl (C=O) groups excluding carboxylic acids is 1. The number of nitrogens with two attached hydrogens (primary N) is 1. The number of anilines is 1. The van der Waals surface area contributed by atoms with Crippen LogP contribution in [0.5, 0.6) is 0 Å². The van der Waals surface area contributed by atoms with Crippen LogP contribution in [-0.4, -0.2) is 27.5 Å². The van der Waals surface area contributed by atoms with E-state index in [0.29, 0.717) is 5.69 Å². The molecule has 1 rings (SSSR count). The molecule has 0 saturated heterocycles. The maximum absolute atomic E-state index is 12.0. The van der Waals surface area contributed by atoms with Crippen LogP contribution in [-0.2, 0) is 19.6 Å². The average Bonchev–Trinajstić information content (AvgIpc) is 2.26. The predicted octanol–water partition coefficient (Wildman–Crippen LogP) is 0.762. The fraction of sp³-hybridized carbons (Fsp3) is 0.300. The molecule has 0 amide bonds. The second-order valence-electron chi connectivity index (χ2n) is 3.56. The van der Waals surface area contributed by atoms with E-state index in [1.54, 1.807) is 0 Å². The van der Waals surface area contributed by atoms with Crippen LogP contribution in [0.25, 0.3) is 0 Å². The number of benzene rings is 1. The third-order valence-electron chi connectivity index (χ3n) is 2.13. The van der Waals surface area contributed by atoms with Gasteiger partial charge in [0.1, 0.15) is 10.9 Å². The van der Waals surface area contributed by atoms with Gasteiger partial charge in [-0.15, -0.1) is 0 Å². The Morgan fingerprint density at radius 1 is 1.50 bits per heavy atom. The van der Waals surface area contributed by atoms with E-state index in [2.05, 4.69) is 9.46 Å². The van der Waals surface area contributed by atoms with E-state index in [1.165, 1.54) is 32.2 Å². The van der Waals surface area contributed by atoms with Gasteiger partial charge in [0.05, 0.1) is 12.1 Å². The number of halogens is 1. The zero-order valence-corrected chi connectivity index (χ0v) is 11.4. The molecule has 0 spiro atoms. The minimum Gasteiger partial charge on any atom is -0.468 e. The highest BCUT2D eigenvalue weighted by atomic mass is 35.5. The predicted molar refractivity (Wildman–Crippen MR) is 67.7 cm³/mol. The number of hydrogen-bond donors (Lipinski definition) is 2. The monoisotopic (exact) mass is 292 g/mol. The second-order valence-corrected chi connectivity index (χ2v) is 5.65. The zero-order valence-electron chi connectivity index (χ0n) is 9.81. The van der Waals surface area contributed by atoms with Gasteiger partial charge in [-0.3, -0.25) is 4.79 Å². The van der Waals surface area contributed by atoms with Crippen molar-refractivity contribution in [2.45, 2.75) is 17.9 Å². The Labute approximate surface area is 110 Å². The smallest absolute Gasteiger partial charge is 0.323 e. The SMILES string of the molecule is COC(=O)C(C)NS(=O)(=O)c1ccc(N)cc1Cl. The maximum atomic E-state index is 12.0. The van der Waals surface area contributed by atoms with Crippen molar-refractivity contribution in [2.75, 3.05) is 12.8 Å². The van der Waals surface area contributed by atoms with E-state index in [4.69, 9.17) is 17.3 Å². The highest BCUT2D eigenvalue weighted by Crippen LogP contribution is 2.23. The van der Waals surface area contributed by atoms with Crippen molar-refractivity contribution in [2.24, 2.45) is 0 Å². The summed E-state index contributed by atoms with van der Waals surface area (Å²) in [5, 5.41) is -0.0143. The van der Waals surface area contributed by atoms with E-state index >= 15 is 0 Å². The van der Waals surface area contributed by atoms with Crippen LogP contribution in [0.2, 0.25) is 5.02 Å². The number of nitrogen functional groups attached to an aromatic ring is 1. The minimum absolute atomic E-state index is 0.0143. The van der Waals surface area contributed by atoms with E-state index < -0.39 is 22.0 Å². The van der Waals surface area contributed by atoms with Gasteiger partial charge in [-0.2, -0.15) is 4.72 Å². The van der Waals surface area contributed by atoms with E-state index in [0.717, 1.165) is 0 Å². The third-order valence-corrected chi connectivity index (χ3v) is 4.16. The lowest BCUT2D eigenvalue weighted by Crippen LogP contribution is -2.39. The standard InChI is InChI=1S/C10H13ClN2O4S/c1-6(10(14)17-2)13-18(15,16)9-4-3-7(12)5-8(9)11/h3-6,13H,12H2,1-2H3. The van der Waals surface area contributed by atoms with Gasteiger partial charge in [0.25, 0.3) is 0 Å². The summed E-state index contributed by atoms with van der Waals surface area (Å²) in [6.07, 6.45) is 0. The van der Waals surface area contributed by atoms with Crippen molar-refractivity contribution in [1.82, 2.24) is 4.72 Å². The minimum atomic E-state index is -3.90. The van der Waals surface area contributed by atoms with Crippen LogP contribution in [0.4, 0.5) is 5.69 Å². The third kappa shape index (κ3) is 3.34. The van der Waals surface area contributed by atoms with Crippen LogP contribution in [0.1, 0.15) is 6.92 Å². The van der Waals surface area contributed by atoms with Crippen molar-refractivity contribution < 1.29 is 17.9 Å². The van der Waals surface area contributed by atoms with Gasteiger partial charge in [-0.05, 0) is 25.1 Å². The van der Waals surface area contributed by atoms with Crippen molar-refractivity contribution in [3.05, 3.63) is 23.2 Å². The van der Waals surface area contributed by atoms with Gasteiger partial charge in [0, 0.05) is 5.69 Å². The van der Waals surface area contributed by atoms with Crippen LogP contribution in [0, 0.1) is 0 Å². The van der Waals surface area contributed by atoms with Crippen molar-refractivity contribution >= 4 is 33.3 Å². The lowest BCUT2D eigenvalue weighted by atomic mass is 10.3. The molecule has 0 fully saturated rings. The number of methoxy groups -OCH3 is 1. The van der Waals surface area contributed by atoms with Crippen LogP contribution in [0.15, 0.2) is 23.1 Å². The van der Waals surface area contributed by atoms with Gasteiger partial charge in [0.15, 0.2) is 0 Å².